The molecule has 0 spiro atoms. The van der Waals surface area contributed by atoms with Gasteiger partial charge in [0.2, 0.25) is 5.91 Å². The maximum absolute atomic E-state index is 14.1. The van der Waals surface area contributed by atoms with E-state index in [4.69, 9.17) is 23.2 Å². The zero-order chi connectivity index (χ0) is 20.7. The van der Waals surface area contributed by atoms with E-state index in [1.807, 2.05) is 0 Å². The molecule has 0 saturated heterocycles. The first-order valence-electron chi connectivity index (χ1n) is 8.42. The van der Waals surface area contributed by atoms with Crippen LogP contribution in [0.1, 0.15) is 34.5 Å². The van der Waals surface area contributed by atoms with Gasteiger partial charge in [-0.3, -0.25) is 14.2 Å². The van der Waals surface area contributed by atoms with Crippen LogP contribution in [0.15, 0.2) is 30.3 Å². The van der Waals surface area contributed by atoms with E-state index in [2.05, 4.69) is 5.32 Å². The molecule has 2 N–H and O–H groups in total. The molecule has 146 valence electrons. The van der Waals surface area contributed by atoms with Crippen LogP contribution in [0, 0.1) is 12.7 Å². The molecular formula is C20H17Cl2FN2O3. The number of hydrogen-bond acceptors (Lipinski definition) is 3. The highest BCUT2D eigenvalue weighted by molar-refractivity contribution is 6.42. The molecule has 3 rings (SSSR count). The van der Waals surface area contributed by atoms with Crippen molar-refractivity contribution in [3.05, 3.63) is 63.0 Å². The second-order valence-electron chi connectivity index (χ2n) is 6.43. The molecule has 0 aliphatic carbocycles. The van der Waals surface area contributed by atoms with E-state index in [9.17, 15) is 19.1 Å². The molecule has 8 heteroatoms. The number of aromatic hydroxyl groups is 1. The lowest BCUT2D eigenvalue weighted by atomic mass is 9.97. The minimum atomic E-state index is -0.868. The first kappa shape index (κ1) is 20.2. The van der Waals surface area contributed by atoms with Crippen molar-refractivity contribution in [1.82, 2.24) is 9.88 Å². The van der Waals surface area contributed by atoms with Crippen molar-refractivity contribution in [3.8, 4) is 5.75 Å². The van der Waals surface area contributed by atoms with Gasteiger partial charge < -0.3 is 10.4 Å². The number of phenolic OH excluding ortho intramolecular Hbond substituents is 1. The standard InChI is InChI=1S/C20H17Cl2FN2O3/c1-9(19(27)24-3)18-10(2)25(16-8-15(23)17(26)7-12(16)18)20(28)11-4-5-13(21)14(22)6-11/h4-9,26H,1-3H3,(H,24,27)/t9-/m1/s1. The number of halogens is 3. The number of rotatable bonds is 3. The number of likely N-dealkylation sites (N-methyl/N-ethyl adjacent to an activating group) is 1. The summed E-state index contributed by atoms with van der Waals surface area (Å²) >= 11 is 11.9. The Morgan fingerprint density at radius 3 is 2.46 bits per heavy atom. The summed E-state index contributed by atoms with van der Waals surface area (Å²) in [6.45, 7) is 3.34. The van der Waals surface area contributed by atoms with Gasteiger partial charge in [0.15, 0.2) is 11.6 Å². The fourth-order valence-electron chi connectivity index (χ4n) is 3.36. The normalized spacial score (nSPS) is 12.2. The van der Waals surface area contributed by atoms with Gasteiger partial charge in [-0.15, -0.1) is 0 Å². The zero-order valence-electron chi connectivity index (χ0n) is 15.3. The van der Waals surface area contributed by atoms with E-state index in [0.29, 0.717) is 21.7 Å². The van der Waals surface area contributed by atoms with Gasteiger partial charge in [0.1, 0.15) is 0 Å². The van der Waals surface area contributed by atoms with Gasteiger partial charge in [-0.1, -0.05) is 23.2 Å². The SMILES string of the molecule is CNC(=O)[C@H](C)c1c(C)n(C(=O)c2ccc(Cl)c(Cl)c2)c2cc(F)c(O)cc12. The van der Waals surface area contributed by atoms with Crippen LogP contribution in [0.4, 0.5) is 4.39 Å². The number of fused-ring (bicyclic) bond motifs is 1. The second kappa shape index (κ2) is 7.45. The van der Waals surface area contributed by atoms with Crippen molar-refractivity contribution >= 4 is 45.9 Å². The van der Waals surface area contributed by atoms with Gasteiger partial charge in [-0.2, -0.15) is 0 Å². The molecule has 0 fully saturated rings. The van der Waals surface area contributed by atoms with Crippen molar-refractivity contribution < 1.29 is 19.1 Å². The van der Waals surface area contributed by atoms with Crippen LogP contribution in [0.2, 0.25) is 10.0 Å². The van der Waals surface area contributed by atoms with E-state index in [1.165, 1.54) is 35.9 Å². The minimum absolute atomic E-state index is 0.212. The lowest BCUT2D eigenvalue weighted by molar-refractivity contribution is -0.121. The average molecular weight is 423 g/mol. The predicted molar refractivity (Wildman–Crippen MR) is 107 cm³/mol. The third kappa shape index (κ3) is 3.23. The summed E-state index contributed by atoms with van der Waals surface area (Å²) in [7, 11) is 1.51. The van der Waals surface area contributed by atoms with Crippen LogP contribution < -0.4 is 5.32 Å². The summed E-state index contributed by atoms with van der Waals surface area (Å²) < 4.78 is 15.4. The Hall–Kier alpha value is -2.57. The Morgan fingerprint density at radius 2 is 1.86 bits per heavy atom. The third-order valence-corrected chi connectivity index (χ3v) is 5.50. The van der Waals surface area contributed by atoms with Crippen molar-refractivity contribution in [2.75, 3.05) is 7.05 Å². The monoisotopic (exact) mass is 422 g/mol. The van der Waals surface area contributed by atoms with Gasteiger partial charge in [0.25, 0.3) is 5.91 Å². The van der Waals surface area contributed by atoms with Crippen LogP contribution in [0.3, 0.4) is 0 Å². The molecule has 0 aliphatic rings. The highest BCUT2D eigenvalue weighted by Gasteiger charge is 2.27. The second-order valence-corrected chi connectivity index (χ2v) is 7.24. The van der Waals surface area contributed by atoms with E-state index in [0.717, 1.165) is 6.07 Å². The largest absolute Gasteiger partial charge is 0.505 e. The molecule has 1 heterocycles. The fraction of sp³-hybridized carbons (Fsp3) is 0.200. The minimum Gasteiger partial charge on any atom is -0.505 e. The lowest BCUT2D eigenvalue weighted by Gasteiger charge is -2.12. The molecule has 0 radical (unpaired) electrons. The number of carbonyl (C=O) groups is 2. The predicted octanol–water partition coefficient (Wildman–Crippen LogP) is 4.64. The van der Waals surface area contributed by atoms with Gasteiger partial charge in [0.05, 0.1) is 21.5 Å². The van der Waals surface area contributed by atoms with Gasteiger partial charge in [0, 0.05) is 29.8 Å². The first-order chi connectivity index (χ1) is 13.2. The molecule has 1 amide bonds. The van der Waals surface area contributed by atoms with Crippen molar-refractivity contribution in [1.29, 1.82) is 0 Å². The molecule has 0 saturated carbocycles. The topological polar surface area (TPSA) is 71.3 Å². The van der Waals surface area contributed by atoms with Crippen molar-refractivity contribution in [2.24, 2.45) is 0 Å². The molecule has 0 aliphatic heterocycles. The van der Waals surface area contributed by atoms with Crippen LogP contribution >= 0.6 is 23.2 Å². The van der Waals surface area contributed by atoms with Gasteiger partial charge in [-0.25, -0.2) is 4.39 Å². The summed E-state index contributed by atoms with van der Waals surface area (Å²) in [5.41, 5.74) is 1.49. The zero-order valence-corrected chi connectivity index (χ0v) is 16.8. The molecule has 28 heavy (non-hydrogen) atoms. The summed E-state index contributed by atoms with van der Waals surface area (Å²) in [6, 6.07) is 6.74. The van der Waals surface area contributed by atoms with Crippen molar-refractivity contribution in [3.63, 3.8) is 0 Å². The summed E-state index contributed by atoms with van der Waals surface area (Å²) in [4.78, 5) is 25.4. The lowest BCUT2D eigenvalue weighted by Crippen LogP contribution is -2.24. The Bertz CT molecular complexity index is 1120. The van der Waals surface area contributed by atoms with E-state index < -0.39 is 23.4 Å². The summed E-state index contributed by atoms with van der Waals surface area (Å²) in [6.07, 6.45) is 0. The Morgan fingerprint density at radius 1 is 1.18 bits per heavy atom. The molecule has 1 aromatic heterocycles. The molecule has 1 atom stereocenters. The maximum atomic E-state index is 14.1. The highest BCUT2D eigenvalue weighted by atomic mass is 35.5. The summed E-state index contributed by atoms with van der Waals surface area (Å²) in [5.74, 6) is -2.78. The Kier molecular flexibility index (Phi) is 5.37. The summed E-state index contributed by atoms with van der Waals surface area (Å²) in [5, 5.41) is 13.3. The number of hydrogen-bond donors (Lipinski definition) is 2. The first-order valence-corrected chi connectivity index (χ1v) is 9.17. The molecule has 0 bridgehead atoms. The number of aromatic nitrogens is 1. The number of carbonyl (C=O) groups excluding carboxylic acids is 2. The number of benzene rings is 2. The third-order valence-electron chi connectivity index (χ3n) is 4.76. The average Bonchev–Trinajstić information content (AvgIpc) is 2.93. The van der Waals surface area contributed by atoms with Gasteiger partial charge in [-0.05, 0) is 43.7 Å². The number of nitrogens with zero attached hydrogens (tertiary/aromatic N) is 1. The van der Waals surface area contributed by atoms with E-state index in [1.54, 1.807) is 13.8 Å². The number of amides is 1. The maximum Gasteiger partial charge on any atom is 0.262 e. The molecule has 0 unspecified atom stereocenters. The van der Waals surface area contributed by atoms with Crippen LogP contribution in [0.5, 0.6) is 5.75 Å². The molecule has 3 aromatic rings. The van der Waals surface area contributed by atoms with E-state index >= 15 is 0 Å². The van der Waals surface area contributed by atoms with Crippen molar-refractivity contribution in [2.45, 2.75) is 19.8 Å². The molecule has 2 aromatic carbocycles. The van der Waals surface area contributed by atoms with Gasteiger partial charge >= 0.3 is 0 Å². The van der Waals surface area contributed by atoms with Crippen LogP contribution in [0.25, 0.3) is 10.9 Å². The quantitative estimate of drug-likeness (QED) is 0.645. The Labute approximate surface area is 170 Å². The highest BCUT2D eigenvalue weighted by Crippen LogP contribution is 2.36. The molecular weight excluding hydrogens is 406 g/mol. The number of nitrogens with one attached hydrogen (secondary N) is 1. The molecule has 5 nitrogen and oxygen atoms in total. The van der Waals surface area contributed by atoms with E-state index in [-0.39, 0.29) is 22.0 Å². The van der Waals surface area contributed by atoms with Crippen LogP contribution in [-0.2, 0) is 4.79 Å². The van der Waals surface area contributed by atoms with Crippen LogP contribution in [-0.4, -0.2) is 28.5 Å². The fourth-order valence-corrected chi connectivity index (χ4v) is 3.66. The number of phenols is 1. The Balaban J connectivity index is 2.31. The smallest absolute Gasteiger partial charge is 0.262 e.